The number of ether oxygens (including phenoxy) is 2. The van der Waals surface area contributed by atoms with Crippen LogP contribution in [0.5, 0.6) is 5.75 Å². The zero-order valence-corrected chi connectivity index (χ0v) is 20.5. The molecule has 2 N–H and O–H groups in total. The first-order valence-electron chi connectivity index (χ1n) is 11.1. The molecule has 0 spiro atoms. The van der Waals surface area contributed by atoms with E-state index in [1.807, 2.05) is 0 Å². The maximum Gasteiger partial charge on any atom is 0.416 e. The molecule has 0 saturated carbocycles. The zero-order valence-electron chi connectivity index (χ0n) is 19.6. The van der Waals surface area contributed by atoms with Crippen molar-refractivity contribution in [3.8, 4) is 17.1 Å². The summed E-state index contributed by atoms with van der Waals surface area (Å²) in [6, 6.07) is 12.9. The molecule has 4 rings (SSSR count). The fourth-order valence-corrected chi connectivity index (χ4v) is 4.02. The minimum atomic E-state index is -4.52. The second kappa shape index (κ2) is 10.5. The summed E-state index contributed by atoms with van der Waals surface area (Å²) < 4.78 is 55.7. The van der Waals surface area contributed by atoms with Gasteiger partial charge in [-0.2, -0.15) is 13.2 Å². The van der Waals surface area contributed by atoms with Crippen molar-refractivity contribution in [2.75, 3.05) is 13.7 Å². The van der Waals surface area contributed by atoms with E-state index in [0.717, 1.165) is 12.1 Å². The molecule has 192 valence electrons. The molecule has 3 aromatic rings. The van der Waals surface area contributed by atoms with E-state index >= 15 is 0 Å². The molecule has 0 saturated heterocycles. The fourth-order valence-electron chi connectivity index (χ4n) is 3.80. The van der Waals surface area contributed by atoms with Crippen LogP contribution in [-0.4, -0.2) is 30.6 Å². The number of carbonyl (C=O) groups is 2. The molecule has 2 heterocycles. The van der Waals surface area contributed by atoms with Crippen molar-refractivity contribution in [1.29, 1.82) is 0 Å². The Kier molecular flexibility index (Phi) is 7.35. The lowest BCUT2D eigenvalue weighted by atomic mass is 9.92. The number of furan rings is 1. The lowest BCUT2D eigenvalue weighted by Gasteiger charge is -2.29. The van der Waals surface area contributed by atoms with Gasteiger partial charge < -0.3 is 24.5 Å². The molecule has 0 radical (unpaired) electrons. The van der Waals surface area contributed by atoms with Crippen molar-refractivity contribution in [3.63, 3.8) is 0 Å². The average molecular weight is 531 g/mol. The second-order valence-corrected chi connectivity index (χ2v) is 8.29. The monoisotopic (exact) mass is 530 g/mol. The first-order valence-corrected chi connectivity index (χ1v) is 11.5. The Morgan fingerprint density at radius 1 is 1.08 bits per heavy atom. The molecule has 2 aromatic carbocycles. The van der Waals surface area contributed by atoms with Gasteiger partial charge in [-0.25, -0.2) is 4.79 Å². The summed E-state index contributed by atoms with van der Waals surface area (Å²) in [5, 5.41) is 5.66. The number of carbonyl (C=O) groups excluding carboxylic acids is 2. The van der Waals surface area contributed by atoms with E-state index in [1.165, 1.54) is 43.5 Å². The minimum absolute atomic E-state index is 0.0258. The highest BCUT2D eigenvalue weighted by Gasteiger charge is 2.37. The number of rotatable bonds is 7. The van der Waals surface area contributed by atoms with Crippen LogP contribution in [0.15, 0.2) is 76.4 Å². The number of hydrogen-bond acceptors (Lipinski definition) is 6. The van der Waals surface area contributed by atoms with Crippen molar-refractivity contribution in [1.82, 2.24) is 10.6 Å². The Labute approximate surface area is 215 Å². The van der Waals surface area contributed by atoms with Gasteiger partial charge in [0.2, 0.25) is 0 Å². The third-order valence-electron chi connectivity index (χ3n) is 5.53. The second-order valence-electron chi connectivity index (χ2n) is 7.88. The highest BCUT2D eigenvalue weighted by Crippen LogP contribution is 2.36. The summed E-state index contributed by atoms with van der Waals surface area (Å²) in [5.41, 5.74) is -0.571. The van der Waals surface area contributed by atoms with Gasteiger partial charge in [0.25, 0.3) is 0 Å². The van der Waals surface area contributed by atoms with Crippen LogP contribution in [0.2, 0.25) is 0 Å². The van der Waals surface area contributed by atoms with Crippen molar-refractivity contribution >= 4 is 29.1 Å². The number of hydrogen-bond donors (Lipinski definition) is 2. The Hall–Kier alpha value is -4.12. The Morgan fingerprint density at radius 3 is 2.46 bits per heavy atom. The predicted molar refractivity (Wildman–Crippen MR) is 132 cm³/mol. The van der Waals surface area contributed by atoms with Gasteiger partial charge in [0.1, 0.15) is 29.0 Å². The van der Waals surface area contributed by atoms with E-state index in [9.17, 15) is 22.8 Å². The number of esters is 1. The van der Waals surface area contributed by atoms with E-state index < -0.39 is 29.5 Å². The van der Waals surface area contributed by atoms with Gasteiger partial charge in [0.05, 0.1) is 24.9 Å². The lowest BCUT2D eigenvalue weighted by Crippen LogP contribution is -2.47. The van der Waals surface area contributed by atoms with Crippen LogP contribution in [0, 0.1) is 0 Å². The van der Waals surface area contributed by atoms with Gasteiger partial charge in [-0.3, -0.25) is 4.79 Å². The van der Waals surface area contributed by atoms with Gasteiger partial charge in [-0.15, -0.1) is 0 Å². The van der Waals surface area contributed by atoms with Crippen LogP contribution < -0.4 is 15.4 Å². The Morgan fingerprint density at radius 2 is 1.81 bits per heavy atom. The summed E-state index contributed by atoms with van der Waals surface area (Å²) >= 11 is 5.25. The maximum absolute atomic E-state index is 13.6. The van der Waals surface area contributed by atoms with Crippen molar-refractivity contribution in [2.24, 2.45) is 0 Å². The summed E-state index contributed by atoms with van der Waals surface area (Å²) in [7, 11) is 1.49. The first kappa shape index (κ1) is 26.0. The lowest BCUT2D eigenvalue weighted by molar-refractivity contribution is -0.139. The number of alkyl halides is 3. The van der Waals surface area contributed by atoms with Crippen molar-refractivity contribution in [2.45, 2.75) is 19.1 Å². The SMILES string of the molecule is CCOC(=O)C1=C(C(=O)c2ccc(OC)cc2)C(c2ccc(-c3cccc(C(F)(F)F)c3)o2)NC(=S)N1. The van der Waals surface area contributed by atoms with Gasteiger partial charge in [0, 0.05) is 11.1 Å². The van der Waals surface area contributed by atoms with Gasteiger partial charge in [-0.05, 0) is 67.7 Å². The van der Waals surface area contributed by atoms with E-state index in [2.05, 4.69) is 10.6 Å². The molecular formula is C26H21F3N2O5S. The molecule has 1 aromatic heterocycles. The summed E-state index contributed by atoms with van der Waals surface area (Å²) in [5.74, 6) is -0.477. The predicted octanol–water partition coefficient (Wildman–Crippen LogP) is 5.19. The van der Waals surface area contributed by atoms with Gasteiger partial charge in [0.15, 0.2) is 10.9 Å². The van der Waals surface area contributed by atoms with E-state index in [-0.39, 0.29) is 45.6 Å². The van der Waals surface area contributed by atoms with Gasteiger partial charge in [-0.1, -0.05) is 12.1 Å². The minimum Gasteiger partial charge on any atom is -0.497 e. The molecule has 0 fully saturated rings. The van der Waals surface area contributed by atoms with Gasteiger partial charge >= 0.3 is 12.1 Å². The standard InChI is InChI=1S/C26H21F3N2O5S/c1-3-35-24(33)22-20(23(32)14-7-9-17(34-2)10-8-14)21(30-25(37)31-22)19-12-11-18(36-19)15-5-4-6-16(13-15)26(27,28)29/h4-13,21H,3H2,1-2H3,(H2,30,31,37). The Balaban J connectivity index is 1.79. The van der Waals surface area contributed by atoms with Crippen LogP contribution in [0.1, 0.15) is 34.6 Å². The number of Topliss-reactive ketones (excluding diaryl/α,β-unsaturated/α-hetero) is 1. The van der Waals surface area contributed by atoms with E-state index in [4.69, 9.17) is 26.1 Å². The molecule has 0 aliphatic carbocycles. The maximum atomic E-state index is 13.6. The smallest absolute Gasteiger partial charge is 0.416 e. The molecule has 0 amide bonds. The highest BCUT2D eigenvalue weighted by atomic mass is 32.1. The third kappa shape index (κ3) is 5.51. The fraction of sp³-hybridized carbons (Fsp3) is 0.192. The molecule has 1 unspecified atom stereocenters. The van der Waals surface area contributed by atoms with Crippen LogP contribution in [0.25, 0.3) is 11.3 Å². The Bertz CT molecular complexity index is 1380. The summed E-state index contributed by atoms with van der Waals surface area (Å²) in [6.45, 7) is 1.67. The van der Waals surface area contributed by atoms with Crippen LogP contribution >= 0.6 is 12.2 Å². The van der Waals surface area contributed by atoms with Crippen LogP contribution in [-0.2, 0) is 15.7 Å². The number of thiocarbonyl (C=S) groups is 1. The van der Waals surface area contributed by atoms with Crippen molar-refractivity contribution in [3.05, 3.63) is 88.8 Å². The van der Waals surface area contributed by atoms with E-state index in [1.54, 1.807) is 19.1 Å². The highest BCUT2D eigenvalue weighted by molar-refractivity contribution is 7.80. The molecular weight excluding hydrogens is 509 g/mol. The molecule has 1 atom stereocenters. The van der Waals surface area contributed by atoms with Crippen LogP contribution in [0.3, 0.4) is 0 Å². The number of ketones is 1. The molecule has 7 nitrogen and oxygen atoms in total. The quantitative estimate of drug-likeness (QED) is 0.245. The topological polar surface area (TPSA) is 89.8 Å². The number of benzene rings is 2. The normalized spacial score (nSPS) is 15.6. The van der Waals surface area contributed by atoms with Crippen LogP contribution in [0.4, 0.5) is 13.2 Å². The molecule has 37 heavy (non-hydrogen) atoms. The molecule has 1 aliphatic heterocycles. The summed E-state index contributed by atoms with van der Waals surface area (Å²) in [4.78, 5) is 26.4. The molecule has 11 heteroatoms. The van der Waals surface area contributed by atoms with E-state index in [0.29, 0.717) is 5.75 Å². The largest absolute Gasteiger partial charge is 0.497 e. The molecule has 0 bridgehead atoms. The summed E-state index contributed by atoms with van der Waals surface area (Å²) in [6.07, 6.45) is -4.52. The first-order chi connectivity index (χ1) is 17.6. The number of halogens is 3. The average Bonchev–Trinajstić information content (AvgIpc) is 3.38. The van der Waals surface area contributed by atoms with Crippen molar-refractivity contribution < 1.29 is 36.7 Å². The molecule has 1 aliphatic rings. The number of methoxy groups -OCH3 is 1. The number of nitrogens with one attached hydrogen (secondary N) is 2. The zero-order chi connectivity index (χ0) is 26.7. The third-order valence-corrected chi connectivity index (χ3v) is 5.75.